The van der Waals surface area contributed by atoms with Crippen LogP contribution in [0.1, 0.15) is 44.9 Å². The molecule has 1 rings (SSSR count). The van der Waals surface area contributed by atoms with Crippen LogP contribution in [0.15, 0.2) is 0 Å². The van der Waals surface area contributed by atoms with Crippen LogP contribution in [0, 0.1) is 0 Å². The molecule has 1 saturated carbocycles. The number of carbonyl (C=O) groups is 1. The van der Waals surface area contributed by atoms with Crippen LogP contribution >= 0.6 is 24.2 Å². The van der Waals surface area contributed by atoms with Crippen molar-refractivity contribution in [1.82, 2.24) is 5.32 Å². The van der Waals surface area contributed by atoms with E-state index >= 15 is 0 Å². The molecule has 0 spiro atoms. The molecule has 1 aliphatic rings. The monoisotopic (exact) mass is 280 g/mol. The Morgan fingerprint density at radius 3 is 2.47 bits per heavy atom. The lowest BCUT2D eigenvalue weighted by Crippen LogP contribution is -2.45. The quantitative estimate of drug-likeness (QED) is 0.760. The van der Waals surface area contributed by atoms with E-state index in [0.29, 0.717) is 6.04 Å². The number of nitrogens with one attached hydrogen (secondary N) is 1. The van der Waals surface area contributed by atoms with Gasteiger partial charge in [0, 0.05) is 6.04 Å². The van der Waals surface area contributed by atoms with E-state index in [-0.39, 0.29) is 24.4 Å². The van der Waals surface area contributed by atoms with E-state index < -0.39 is 0 Å². The molecule has 1 fully saturated rings. The summed E-state index contributed by atoms with van der Waals surface area (Å²) in [5, 5.41) is 3.09. The van der Waals surface area contributed by atoms with Crippen LogP contribution in [0.3, 0.4) is 0 Å². The molecular weight excluding hydrogens is 256 g/mol. The normalized spacial score (nSPS) is 18.9. The van der Waals surface area contributed by atoms with Crippen LogP contribution in [-0.2, 0) is 4.79 Å². The average Bonchev–Trinajstić information content (AvgIpc) is 2.54. The number of rotatable bonds is 5. The van der Waals surface area contributed by atoms with Crippen molar-refractivity contribution in [3.63, 3.8) is 0 Å². The number of thioether (sulfide) groups is 1. The van der Waals surface area contributed by atoms with Crippen molar-refractivity contribution in [2.45, 2.75) is 57.0 Å². The zero-order chi connectivity index (χ0) is 11.8. The van der Waals surface area contributed by atoms with Gasteiger partial charge in [-0.15, -0.1) is 12.4 Å². The Kier molecular flexibility index (Phi) is 10.1. The number of hydrogen-bond acceptors (Lipinski definition) is 3. The maximum atomic E-state index is 11.8. The second-order valence-electron chi connectivity index (χ2n) is 4.59. The predicted octanol–water partition coefficient (Wildman–Crippen LogP) is 2.33. The average molecular weight is 281 g/mol. The molecule has 1 atom stereocenters. The van der Waals surface area contributed by atoms with E-state index in [2.05, 4.69) is 5.32 Å². The highest BCUT2D eigenvalue weighted by molar-refractivity contribution is 7.98. The number of hydrogen-bond donors (Lipinski definition) is 2. The zero-order valence-electron chi connectivity index (χ0n) is 10.6. The van der Waals surface area contributed by atoms with Gasteiger partial charge in [-0.25, -0.2) is 0 Å². The van der Waals surface area contributed by atoms with Crippen molar-refractivity contribution < 1.29 is 4.79 Å². The molecule has 3 nitrogen and oxygen atoms in total. The topological polar surface area (TPSA) is 55.1 Å². The summed E-state index contributed by atoms with van der Waals surface area (Å²) >= 11 is 1.74. The highest BCUT2D eigenvalue weighted by Crippen LogP contribution is 2.17. The molecule has 0 aromatic carbocycles. The molecule has 0 unspecified atom stereocenters. The fourth-order valence-corrected chi connectivity index (χ4v) is 2.60. The van der Waals surface area contributed by atoms with Crippen LogP contribution in [0.5, 0.6) is 0 Å². The van der Waals surface area contributed by atoms with Gasteiger partial charge < -0.3 is 11.1 Å². The van der Waals surface area contributed by atoms with E-state index in [9.17, 15) is 4.79 Å². The molecule has 1 amide bonds. The Morgan fingerprint density at radius 1 is 1.35 bits per heavy atom. The summed E-state index contributed by atoms with van der Waals surface area (Å²) in [6.07, 6.45) is 10.2. The van der Waals surface area contributed by atoms with Crippen molar-refractivity contribution in [2.24, 2.45) is 5.73 Å². The van der Waals surface area contributed by atoms with Crippen LogP contribution in [0.4, 0.5) is 0 Å². The third-order valence-electron chi connectivity index (χ3n) is 3.17. The summed E-state index contributed by atoms with van der Waals surface area (Å²) in [7, 11) is 0. The highest BCUT2D eigenvalue weighted by atomic mass is 35.5. The minimum absolute atomic E-state index is 0. The summed E-state index contributed by atoms with van der Waals surface area (Å²) in [5.41, 5.74) is 5.83. The van der Waals surface area contributed by atoms with E-state index in [1.54, 1.807) is 11.8 Å². The molecule has 17 heavy (non-hydrogen) atoms. The first kappa shape index (κ1) is 17.1. The van der Waals surface area contributed by atoms with Gasteiger partial charge in [-0.3, -0.25) is 4.79 Å². The summed E-state index contributed by atoms with van der Waals surface area (Å²) < 4.78 is 0. The molecule has 0 bridgehead atoms. The lowest BCUT2D eigenvalue weighted by atomic mass is 10.1. The van der Waals surface area contributed by atoms with Crippen molar-refractivity contribution in [3.05, 3.63) is 0 Å². The third-order valence-corrected chi connectivity index (χ3v) is 3.82. The number of nitrogens with two attached hydrogens (primary N) is 1. The first-order valence-corrected chi connectivity index (χ1v) is 7.68. The van der Waals surface area contributed by atoms with Crippen molar-refractivity contribution in [2.75, 3.05) is 12.0 Å². The highest BCUT2D eigenvalue weighted by Gasteiger charge is 2.18. The van der Waals surface area contributed by atoms with Crippen LogP contribution in [0.2, 0.25) is 0 Å². The molecule has 0 saturated heterocycles. The molecule has 0 aliphatic heterocycles. The second-order valence-corrected chi connectivity index (χ2v) is 5.57. The van der Waals surface area contributed by atoms with Gasteiger partial charge in [0.25, 0.3) is 0 Å². The molecule has 0 aromatic heterocycles. The van der Waals surface area contributed by atoms with Gasteiger partial charge in [-0.2, -0.15) is 11.8 Å². The maximum absolute atomic E-state index is 11.8. The molecule has 102 valence electrons. The van der Waals surface area contributed by atoms with Crippen LogP contribution in [0.25, 0.3) is 0 Å². The first-order chi connectivity index (χ1) is 7.74. The van der Waals surface area contributed by atoms with Gasteiger partial charge in [0.1, 0.15) is 0 Å². The van der Waals surface area contributed by atoms with Gasteiger partial charge in [0.2, 0.25) is 5.91 Å². The summed E-state index contributed by atoms with van der Waals surface area (Å²) in [5.74, 6) is 1.00. The maximum Gasteiger partial charge on any atom is 0.237 e. The molecule has 0 radical (unpaired) electrons. The summed E-state index contributed by atoms with van der Waals surface area (Å²) in [4.78, 5) is 11.8. The Bertz CT molecular complexity index is 209. The summed E-state index contributed by atoms with van der Waals surface area (Å²) in [6, 6.07) is 0.0473. The fraction of sp³-hybridized carbons (Fsp3) is 0.917. The van der Waals surface area contributed by atoms with Crippen LogP contribution in [-0.4, -0.2) is 30.0 Å². The molecular formula is C12H25ClN2OS. The second kappa shape index (κ2) is 10.0. The summed E-state index contributed by atoms with van der Waals surface area (Å²) in [6.45, 7) is 0. The minimum atomic E-state index is -0.323. The zero-order valence-corrected chi connectivity index (χ0v) is 12.2. The standard InChI is InChI=1S/C12H24N2OS.ClH/c1-16-9-8-11(13)12(15)14-10-6-4-2-3-5-7-10;/h10-11H,2-9,13H2,1H3,(H,14,15);1H/t11-;/m0./s1. The smallest absolute Gasteiger partial charge is 0.237 e. The van der Waals surface area contributed by atoms with E-state index in [0.717, 1.165) is 25.0 Å². The van der Waals surface area contributed by atoms with Gasteiger partial charge in [-0.05, 0) is 31.3 Å². The Morgan fingerprint density at radius 2 is 1.94 bits per heavy atom. The van der Waals surface area contributed by atoms with Gasteiger partial charge in [0.05, 0.1) is 6.04 Å². The van der Waals surface area contributed by atoms with E-state index in [1.165, 1.54) is 25.7 Å². The van der Waals surface area contributed by atoms with Crippen molar-refractivity contribution in [1.29, 1.82) is 0 Å². The van der Waals surface area contributed by atoms with Gasteiger partial charge in [-0.1, -0.05) is 25.7 Å². The molecule has 0 heterocycles. The third kappa shape index (κ3) is 7.17. The SMILES string of the molecule is CSCC[C@H](N)C(=O)NC1CCCCCC1.Cl. The minimum Gasteiger partial charge on any atom is -0.352 e. The number of carbonyl (C=O) groups excluding carboxylic acids is 1. The van der Waals surface area contributed by atoms with E-state index in [1.807, 2.05) is 6.26 Å². The largest absolute Gasteiger partial charge is 0.352 e. The molecule has 5 heteroatoms. The van der Waals surface area contributed by atoms with Crippen LogP contribution < -0.4 is 11.1 Å². The fourth-order valence-electron chi connectivity index (χ4n) is 2.11. The van der Waals surface area contributed by atoms with Gasteiger partial charge in [0.15, 0.2) is 0 Å². The molecule has 3 N–H and O–H groups in total. The molecule has 1 aliphatic carbocycles. The number of halogens is 1. The van der Waals surface area contributed by atoms with Crippen molar-refractivity contribution in [3.8, 4) is 0 Å². The van der Waals surface area contributed by atoms with E-state index in [4.69, 9.17) is 5.73 Å². The lowest BCUT2D eigenvalue weighted by Gasteiger charge is -2.19. The Labute approximate surface area is 115 Å². The Balaban J connectivity index is 0.00000256. The first-order valence-electron chi connectivity index (χ1n) is 6.29. The Hall–Kier alpha value is 0.0700. The van der Waals surface area contributed by atoms with Crippen molar-refractivity contribution >= 4 is 30.1 Å². The van der Waals surface area contributed by atoms with Gasteiger partial charge >= 0.3 is 0 Å². The predicted molar refractivity (Wildman–Crippen MR) is 77.9 cm³/mol. The lowest BCUT2D eigenvalue weighted by molar-refractivity contribution is -0.123. The number of amides is 1. The molecule has 0 aromatic rings.